The number of hydrogen-bond acceptors (Lipinski definition) is 4. The highest BCUT2D eigenvalue weighted by atomic mass is 32.1. The number of nitrogens with zero attached hydrogens (tertiary/aromatic N) is 1. The lowest BCUT2D eigenvalue weighted by Crippen LogP contribution is -2.45. The van der Waals surface area contributed by atoms with Crippen molar-refractivity contribution in [2.75, 3.05) is 23.7 Å². The SMILES string of the molecule is O=C(Nc1ccc(OC(F)(F)F)cc1)C1CCCN(C(=O)Nc2cccs2)C1. The van der Waals surface area contributed by atoms with E-state index in [9.17, 15) is 22.8 Å². The van der Waals surface area contributed by atoms with Crippen LogP contribution in [0.1, 0.15) is 12.8 Å². The van der Waals surface area contributed by atoms with Crippen LogP contribution in [0.3, 0.4) is 0 Å². The molecule has 0 spiro atoms. The first-order valence-corrected chi connectivity index (χ1v) is 9.44. The van der Waals surface area contributed by atoms with Crippen molar-refractivity contribution in [1.82, 2.24) is 4.90 Å². The molecule has 150 valence electrons. The summed E-state index contributed by atoms with van der Waals surface area (Å²) >= 11 is 1.41. The highest BCUT2D eigenvalue weighted by Crippen LogP contribution is 2.25. The summed E-state index contributed by atoms with van der Waals surface area (Å²) in [4.78, 5) is 26.4. The molecule has 2 heterocycles. The Labute approximate surface area is 163 Å². The lowest BCUT2D eigenvalue weighted by molar-refractivity contribution is -0.274. The largest absolute Gasteiger partial charge is 0.573 e. The number of ether oxygens (including phenoxy) is 1. The summed E-state index contributed by atoms with van der Waals surface area (Å²) in [7, 11) is 0. The number of piperidine rings is 1. The molecule has 1 saturated heterocycles. The summed E-state index contributed by atoms with van der Waals surface area (Å²) in [6.07, 6.45) is -3.45. The van der Waals surface area contributed by atoms with E-state index in [0.29, 0.717) is 25.1 Å². The minimum atomic E-state index is -4.76. The third-order valence-corrected chi connectivity index (χ3v) is 4.97. The summed E-state index contributed by atoms with van der Waals surface area (Å²) in [5, 5.41) is 8.06. The van der Waals surface area contributed by atoms with Gasteiger partial charge in [-0.25, -0.2) is 4.79 Å². The van der Waals surface area contributed by atoms with E-state index in [1.807, 2.05) is 11.4 Å². The summed E-state index contributed by atoms with van der Waals surface area (Å²) in [5.74, 6) is -1.04. The van der Waals surface area contributed by atoms with Gasteiger partial charge in [-0.05, 0) is 54.6 Å². The molecule has 0 radical (unpaired) electrons. The second-order valence-corrected chi connectivity index (χ2v) is 7.20. The Morgan fingerprint density at radius 1 is 1.14 bits per heavy atom. The Bertz CT molecular complexity index is 810. The van der Waals surface area contributed by atoms with Crippen LogP contribution in [-0.4, -0.2) is 36.3 Å². The predicted octanol–water partition coefficient (Wildman–Crippen LogP) is 4.53. The number of carbonyl (C=O) groups is 2. The Balaban J connectivity index is 1.54. The summed E-state index contributed by atoms with van der Waals surface area (Å²) < 4.78 is 40.4. The van der Waals surface area contributed by atoms with Crippen LogP contribution in [0.25, 0.3) is 0 Å². The van der Waals surface area contributed by atoms with Gasteiger partial charge in [0.05, 0.1) is 10.9 Å². The average molecular weight is 413 g/mol. The number of rotatable bonds is 4. The van der Waals surface area contributed by atoms with Gasteiger partial charge in [-0.15, -0.1) is 24.5 Å². The van der Waals surface area contributed by atoms with E-state index in [2.05, 4.69) is 15.4 Å². The van der Waals surface area contributed by atoms with Gasteiger partial charge in [-0.3, -0.25) is 10.1 Å². The number of amides is 3. The molecule has 1 aromatic heterocycles. The number of hydrogen-bond donors (Lipinski definition) is 2. The van der Waals surface area contributed by atoms with Crippen molar-refractivity contribution in [3.63, 3.8) is 0 Å². The van der Waals surface area contributed by atoms with E-state index in [1.165, 1.54) is 23.5 Å². The van der Waals surface area contributed by atoms with Crippen molar-refractivity contribution >= 4 is 34.0 Å². The van der Waals surface area contributed by atoms with Crippen molar-refractivity contribution < 1.29 is 27.5 Å². The Hall–Kier alpha value is -2.75. The van der Waals surface area contributed by atoms with Crippen LogP contribution in [0.5, 0.6) is 5.75 Å². The summed E-state index contributed by atoms with van der Waals surface area (Å²) in [6, 6.07) is 8.30. The molecular weight excluding hydrogens is 395 g/mol. The number of halogens is 3. The number of urea groups is 1. The van der Waals surface area contributed by atoms with Gasteiger partial charge in [-0.1, -0.05) is 0 Å². The molecule has 1 aliphatic rings. The molecule has 1 unspecified atom stereocenters. The molecule has 3 rings (SSSR count). The number of nitrogens with one attached hydrogen (secondary N) is 2. The number of carbonyl (C=O) groups excluding carboxylic acids is 2. The topological polar surface area (TPSA) is 70.7 Å². The number of anilines is 2. The number of alkyl halides is 3. The molecule has 10 heteroatoms. The Kier molecular flexibility index (Phi) is 6.08. The highest BCUT2D eigenvalue weighted by Gasteiger charge is 2.31. The highest BCUT2D eigenvalue weighted by molar-refractivity contribution is 7.14. The van der Waals surface area contributed by atoms with Crippen molar-refractivity contribution in [1.29, 1.82) is 0 Å². The van der Waals surface area contributed by atoms with Gasteiger partial charge in [0.25, 0.3) is 0 Å². The minimum Gasteiger partial charge on any atom is -0.406 e. The number of thiophene rings is 1. The maximum absolute atomic E-state index is 12.5. The fourth-order valence-electron chi connectivity index (χ4n) is 2.89. The molecule has 6 nitrogen and oxygen atoms in total. The third kappa shape index (κ3) is 5.62. The van der Waals surface area contributed by atoms with Gasteiger partial charge in [0.2, 0.25) is 5.91 Å². The van der Waals surface area contributed by atoms with Crippen LogP contribution in [-0.2, 0) is 4.79 Å². The average Bonchev–Trinajstić information content (AvgIpc) is 3.15. The van der Waals surface area contributed by atoms with E-state index >= 15 is 0 Å². The van der Waals surface area contributed by atoms with E-state index in [0.717, 1.165) is 17.1 Å². The van der Waals surface area contributed by atoms with Crippen LogP contribution in [0.4, 0.5) is 28.7 Å². The van der Waals surface area contributed by atoms with Crippen LogP contribution < -0.4 is 15.4 Å². The molecular formula is C18H18F3N3O3S. The molecule has 1 atom stereocenters. The zero-order valence-electron chi connectivity index (χ0n) is 14.7. The second-order valence-electron chi connectivity index (χ2n) is 6.25. The normalized spacial score (nSPS) is 17.1. The lowest BCUT2D eigenvalue weighted by atomic mass is 9.97. The fourth-order valence-corrected chi connectivity index (χ4v) is 3.50. The summed E-state index contributed by atoms with van der Waals surface area (Å²) in [5.41, 5.74) is 0.361. The summed E-state index contributed by atoms with van der Waals surface area (Å²) in [6.45, 7) is 0.836. The molecule has 1 fully saturated rings. The number of benzene rings is 1. The van der Waals surface area contributed by atoms with E-state index in [-0.39, 0.29) is 24.2 Å². The third-order valence-electron chi connectivity index (χ3n) is 4.19. The molecule has 28 heavy (non-hydrogen) atoms. The smallest absolute Gasteiger partial charge is 0.406 e. The van der Waals surface area contributed by atoms with E-state index in [4.69, 9.17) is 0 Å². The quantitative estimate of drug-likeness (QED) is 0.774. The Morgan fingerprint density at radius 2 is 1.89 bits per heavy atom. The molecule has 1 aromatic carbocycles. The van der Waals surface area contributed by atoms with Gasteiger partial charge in [-0.2, -0.15) is 0 Å². The molecule has 0 aliphatic carbocycles. The Morgan fingerprint density at radius 3 is 2.54 bits per heavy atom. The number of likely N-dealkylation sites (tertiary alicyclic amines) is 1. The lowest BCUT2D eigenvalue weighted by Gasteiger charge is -2.31. The van der Waals surface area contributed by atoms with E-state index < -0.39 is 12.3 Å². The monoisotopic (exact) mass is 413 g/mol. The van der Waals surface area contributed by atoms with Gasteiger partial charge in [0, 0.05) is 18.8 Å². The molecule has 0 saturated carbocycles. The standard InChI is InChI=1S/C18H18F3N3O3S/c19-18(20,21)27-14-7-5-13(6-8-14)22-16(25)12-3-1-9-24(11-12)17(26)23-15-4-2-10-28-15/h2,4-8,10,12H,1,3,9,11H2,(H,22,25)(H,23,26). The first-order chi connectivity index (χ1) is 13.3. The van der Waals surface area contributed by atoms with Gasteiger partial charge in [0.15, 0.2) is 0 Å². The van der Waals surface area contributed by atoms with Crippen LogP contribution in [0, 0.1) is 5.92 Å². The molecule has 2 N–H and O–H groups in total. The molecule has 1 aliphatic heterocycles. The van der Waals surface area contributed by atoms with Crippen LogP contribution >= 0.6 is 11.3 Å². The van der Waals surface area contributed by atoms with Crippen LogP contribution in [0.15, 0.2) is 41.8 Å². The first kappa shape index (κ1) is 20.0. The van der Waals surface area contributed by atoms with E-state index in [1.54, 1.807) is 11.0 Å². The second kappa shape index (κ2) is 8.51. The molecule has 0 bridgehead atoms. The first-order valence-electron chi connectivity index (χ1n) is 8.56. The fraction of sp³-hybridized carbons (Fsp3) is 0.333. The van der Waals surface area contributed by atoms with Crippen molar-refractivity contribution in [2.24, 2.45) is 5.92 Å². The molecule has 3 amide bonds. The van der Waals surface area contributed by atoms with Crippen molar-refractivity contribution in [3.8, 4) is 5.75 Å². The zero-order valence-corrected chi connectivity index (χ0v) is 15.5. The van der Waals surface area contributed by atoms with Crippen LogP contribution in [0.2, 0.25) is 0 Å². The van der Waals surface area contributed by atoms with Gasteiger partial charge >= 0.3 is 12.4 Å². The maximum atomic E-state index is 12.5. The maximum Gasteiger partial charge on any atom is 0.573 e. The zero-order chi connectivity index (χ0) is 20.1. The van der Waals surface area contributed by atoms with Gasteiger partial charge in [0.1, 0.15) is 5.75 Å². The van der Waals surface area contributed by atoms with Crippen molar-refractivity contribution in [2.45, 2.75) is 19.2 Å². The van der Waals surface area contributed by atoms with Gasteiger partial charge < -0.3 is 15.0 Å². The minimum absolute atomic E-state index is 0.256. The predicted molar refractivity (Wildman–Crippen MR) is 99.4 cm³/mol. The van der Waals surface area contributed by atoms with Crippen molar-refractivity contribution in [3.05, 3.63) is 41.8 Å². The molecule has 2 aromatic rings.